The van der Waals surface area contributed by atoms with Crippen LogP contribution in [0.25, 0.3) is 11.4 Å². The van der Waals surface area contributed by atoms with Crippen LogP contribution >= 0.6 is 23.2 Å². The lowest BCUT2D eigenvalue weighted by Crippen LogP contribution is -2.50. The molecule has 1 amide bonds. The lowest BCUT2D eigenvalue weighted by atomic mass is 10.2. The number of rotatable bonds is 7. The first kappa shape index (κ1) is 29.8. The van der Waals surface area contributed by atoms with Crippen molar-refractivity contribution in [1.82, 2.24) is 19.9 Å². The number of carbonyl (C=O) groups excluding carboxylic acids is 1. The summed E-state index contributed by atoms with van der Waals surface area (Å²) in [5.74, 6) is 1.51. The third kappa shape index (κ3) is 8.65. The second kappa shape index (κ2) is 12.1. The normalized spacial score (nSPS) is 14.2. The van der Waals surface area contributed by atoms with Gasteiger partial charge in [-0.3, -0.25) is 4.18 Å². The van der Waals surface area contributed by atoms with E-state index in [1.165, 1.54) is 6.07 Å². The molecular weight excluding hydrogens is 581 g/mol. The number of piperazine rings is 1. The van der Waals surface area contributed by atoms with Crippen LogP contribution in [-0.4, -0.2) is 72.4 Å². The molecule has 214 valence electrons. The van der Waals surface area contributed by atoms with Gasteiger partial charge in [-0.1, -0.05) is 23.2 Å². The first-order valence-corrected chi connectivity index (χ1v) is 14.9. The van der Waals surface area contributed by atoms with Crippen LogP contribution in [0.1, 0.15) is 26.5 Å². The Morgan fingerprint density at radius 3 is 2.25 bits per heavy atom. The number of amides is 1. The minimum atomic E-state index is -3.70. The molecule has 1 aliphatic heterocycles. The molecule has 0 bridgehead atoms. The topological polar surface area (TPSA) is 124 Å². The Balaban J connectivity index is 1.48. The van der Waals surface area contributed by atoms with Crippen molar-refractivity contribution >= 4 is 45.2 Å². The Labute approximate surface area is 243 Å². The summed E-state index contributed by atoms with van der Waals surface area (Å²) >= 11 is 12.3. The number of hydrogen-bond donors (Lipinski definition) is 0. The van der Waals surface area contributed by atoms with Crippen molar-refractivity contribution in [3.63, 3.8) is 0 Å². The van der Waals surface area contributed by atoms with Gasteiger partial charge in [0.15, 0.2) is 5.82 Å². The maximum atomic E-state index is 12.3. The van der Waals surface area contributed by atoms with Crippen LogP contribution in [0, 0.1) is 0 Å². The smallest absolute Gasteiger partial charge is 0.410 e. The second-order valence-electron chi connectivity index (χ2n) is 10.1. The molecule has 4 rings (SSSR count). The van der Waals surface area contributed by atoms with E-state index < -0.39 is 15.7 Å². The number of carbonyl (C=O) groups is 1. The summed E-state index contributed by atoms with van der Waals surface area (Å²) in [6.45, 7) is 7.46. The zero-order valence-corrected chi connectivity index (χ0v) is 24.8. The monoisotopic (exact) mass is 609 g/mol. The molecule has 3 heterocycles. The number of benzene rings is 1. The Kier molecular flexibility index (Phi) is 9.03. The predicted molar refractivity (Wildman–Crippen MR) is 151 cm³/mol. The van der Waals surface area contributed by atoms with Crippen LogP contribution in [0.2, 0.25) is 10.0 Å². The third-order valence-corrected chi connectivity index (χ3v) is 6.48. The fraction of sp³-hybridized carbons (Fsp3) is 0.385. The van der Waals surface area contributed by atoms with E-state index >= 15 is 0 Å². The van der Waals surface area contributed by atoms with E-state index in [2.05, 4.69) is 19.9 Å². The van der Waals surface area contributed by atoms with Crippen LogP contribution in [-0.2, 0) is 25.6 Å². The predicted octanol–water partition coefficient (Wildman–Crippen LogP) is 5.17. The highest BCUT2D eigenvalue weighted by Crippen LogP contribution is 2.29. The molecule has 14 heteroatoms. The molecule has 1 aromatic carbocycles. The van der Waals surface area contributed by atoms with Gasteiger partial charge in [0.2, 0.25) is 5.88 Å². The van der Waals surface area contributed by atoms with Crippen LogP contribution in [0.15, 0.2) is 42.6 Å². The number of hydrogen-bond acceptors (Lipinski definition) is 10. The van der Waals surface area contributed by atoms with Gasteiger partial charge in [0.05, 0.1) is 18.1 Å². The van der Waals surface area contributed by atoms with Crippen molar-refractivity contribution in [1.29, 1.82) is 0 Å². The van der Waals surface area contributed by atoms with Gasteiger partial charge in [-0.05, 0) is 51.1 Å². The highest BCUT2D eigenvalue weighted by atomic mass is 35.5. The maximum Gasteiger partial charge on any atom is 0.410 e. The van der Waals surface area contributed by atoms with E-state index in [4.69, 9.17) is 36.9 Å². The molecule has 0 atom stereocenters. The number of nitrogens with zero attached hydrogens (tertiary/aromatic N) is 5. The minimum Gasteiger partial charge on any atom is -0.444 e. The summed E-state index contributed by atoms with van der Waals surface area (Å²) < 4.78 is 39.4. The number of pyridine rings is 1. The van der Waals surface area contributed by atoms with Gasteiger partial charge < -0.3 is 19.3 Å². The van der Waals surface area contributed by atoms with E-state index in [0.29, 0.717) is 47.5 Å². The fourth-order valence-electron chi connectivity index (χ4n) is 3.76. The van der Waals surface area contributed by atoms with Crippen molar-refractivity contribution < 1.29 is 26.9 Å². The Bertz CT molecular complexity index is 1450. The number of ether oxygens (including phenoxy) is 2. The number of anilines is 1. The van der Waals surface area contributed by atoms with E-state index in [1.807, 2.05) is 26.8 Å². The van der Waals surface area contributed by atoms with E-state index in [0.717, 1.165) is 12.1 Å². The Morgan fingerprint density at radius 2 is 1.68 bits per heavy atom. The summed E-state index contributed by atoms with van der Waals surface area (Å²) in [5.41, 5.74) is 0.246. The molecular formula is C26H29Cl2N5O6S. The van der Waals surface area contributed by atoms with Gasteiger partial charge in [0, 0.05) is 47.9 Å². The van der Waals surface area contributed by atoms with E-state index in [1.54, 1.807) is 35.4 Å². The highest BCUT2D eigenvalue weighted by Gasteiger charge is 2.26. The average Bonchev–Trinajstić information content (AvgIpc) is 2.86. The minimum absolute atomic E-state index is 0.147. The molecule has 40 heavy (non-hydrogen) atoms. The number of halogens is 2. The first-order valence-electron chi connectivity index (χ1n) is 12.3. The number of aromatic nitrogens is 3. The van der Waals surface area contributed by atoms with Gasteiger partial charge in [0.25, 0.3) is 10.1 Å². The van der Waals surface area contributed by atoms with Crippen molar-refractivity contribution in [2.45, 2.75) is 33.0 Å². The molecule has 11 nitrogen and oxygen atoms in total. The van der Waals surface area contributed by atoms with E-state index in [-0.39, 0.29) is 30.1 Å². The SMILES string of the molecule is CC(C)(C)OC(=O)N1CCN(c2ccc(Oc3cc(COS(C)(=O)=O)nc(-c4cc(Cl)cc(Cl)c4)n3)cn2)CC1. The molecule has 0 saturated carbocycles. The first-order chi connectivity index (χ1) is 18.7. The second-order valence-corrected chi connectivity index (χ2v) is 12.6. The molecule has 0 radical (unpaired) electrons. The summed E-state index contributed by atoms with van der Waals surface area (Å²) in [6.07, 6.45) is 2.18. The average molecular weight is 611 g/mol. The maximum absolute atomic E-state index is 12.3. The molecule has 0 N–H and O–H groups in total. The van der Waals surface area contributed by atoms with Gasteiger partial charge in [-0.15, -0.1) is 0 Å². The van der Waals surface area contributed by atoms with Crippen LogP contribution in [0.4, 0.5) is 10.6 Å². The van der Waals surface area contributed by atoms with E-state index in [9.17, 15) is 13.2 Å². The molecule has 1 saturated heterocycles. The third-order valence-electron chi connectivity index (χ3n) is 5.50. The van der Waals surface area contributed by atoms with Gasteiger partial charge in [-0.25, -0.2) is 14.8 Å². The standard InChI is InChI=1S/C26H29Cl2N5O6S/c1-26(2,3)39-25(34)33-9-7-32(8-10-33)22-6-5-21(15-29-22)38-23-14-20(16-37-40(4,35)36)30-24(31-23)17-11-18(27)13-19(28)12-17/h5-6,11-15H,7-10,16H2,1-4H3. The Hall–Kier alpha value is -3.19. The summed E-state index contributed by atoms with van der Waals surface area (Å²) in [6, 6.07) is 9.87. The van der Waals surface area contributed by atoms with Crippen molar-refractivity contribution in [2.75, 3.05) is 37.3 Å². The lowest BCUT2D eigenvalue weighted by Gasteiger charge is -2.36. The molecule has 0 unspecified atom stereocenters. The Morgan fingerprint density at radius 1 is 1.00 bits per heavy atom. The zero-order chi connectivity index (χ0) is 29.1. The van der Waals surface area contributed by atoms with Crippen molar-refractivity contribution in [2.24, 2.45) is 0 Å². The fourth-order valence-corrected chi connectivity index (χ4v) is 4.62. The summed E-state index contributed by atoms with van der Waals surface area (Å²) in [4.78, 5) is 29.4. The summed E-state index contributed by atoms with van der Waals surface area (Å²) in [5, 5.41) is 0.774. The quantitative estimate of drug-likeness (QED) is 0.331. The molecule has 2 aromatic heterocycles. The van der Waals surface area contributed by atoms with Crippen LogP contribution < -0.4 is 9.64 Å². The molecule has 0 aliphatic carbocycles. The van der Waals surface area contributed by atoms with Crippen LogP contribution in [0.3, 0.4) is 0 Å². The molecule has 0 spiro atoms. The van der Waals surface area contributed by atoms with Crippen molar-refractivity contribution in [3.8, 4) is 23.0 Å². The van der Waals surface area contributed by atoms with Gasteiger partial charge >= 0.3 is 6.09 Å². The summed E-state index contributed by atoms with van der Waals surface area (Å²) in [7, 11) is -3.70. The largest absolute Gasteiger partial charge is 0.444 e. The lowest BCUT2D eigenvalue weighted by molar-refractivity contribution is 0.0240. The van der Waals surface area contributed by atoms with Crippen LogP contribution in [0.5, 0.6) is 11.6 Å². The molecule has 1 fully saturated rings. The van der Waals surface area contributed by atoms with Gasteiger partial charge in [0.1, 0.15) is 23.8 Å². The van der Waals surface area contributed by atoms with Crippen molar-refractivity contribution in [3.05, 3.63) is 58.3 Å². The molecule has 1 aliphatic rings. The highest BCUT2D eigenvalue weighted by molar-refractivity contribution is 7.85. The molecule has 3 aromatic rings. The zero-order valence-electron chi connectivity index (χ0n) is 22.4. The van der Waals surface area contributed by atoms with Gasteiger partial charge in [-0.2, -0.15) is 13.4 Å².